The Bertz CT molecular complexity index is 1290. The van der Waals surface area contributed by atoms with E-state index in [-0.39, 0.29) is 29.5 Å². The molecule has 2 aliphatic rings. The first-order chi connectivity index (χ1) is 23.8. The van der Waals surface area contributed by atoms with Gasteiger partial charge < -0.3 is 28.5 Å². The molecule has 2 saturated heterocycles. The number of benzene rings is 2. The third-order valence-corrected chi connectivity index (χ3v) is 19.2. The lowest BCUT2D eigenvalue weighted by Crippen LogP contribution is -2.59. The van der Waals surface area contributed by atoms with E-state index in [9.17, 15) is 9.32 Å². The standard InChI is InChI=1S/C40H64O7S2Si/c1-9-48-40(49(42)10-2,27-35-33(23-17-25-43-35)45-28-31-19-13-11-14-20-31)38(41)30(3)36(46-29-32-21-15-12-16-22-32)37-34(24-18-26-44-37)47-50(7,8)39(4,5)6/h11-16,19-22,30,33-38,41H,9-10,17-18,23-29H2,1-8H3/t30-,33-,34+,35+,36-,37+,38?,40?,49?/m1/s1. The molecule has 0 saturated carbocycles. The average molecular weight is 749 g/mol. The summed E-state index contributed by atoms with van der Waals surface area (Å²) in [6.45, 7) is 19.5. The van der Waals surface area contributed by atoms with Crippen LogP contribution < -0.4 is 0 Å². The van der Waals surface area contributed by atoms with Gasteiger partial charge in [-0.1, -0.05) is 102 Å². The van der Waals surface area contributed by atoms with Gasteiger partial charge in [0.25, 0.3) is 0 Å². The molecule has 2 aliphatic heterocycles. The Morgan fingerprint density at radius 1 is 0.920 bits per heavy atom. The third kappa shape index (κ3) is 10.8. The molecule has 282 valence electrons. The van der Waals surface area contributed by atoms with E-state index in [0.29, 0.717) is 44.4 Å². The van der Waals surface area contributed by atoms with Crippen LogP contribution in [0.25, 0.3) is 0 Å². The second-order valence-electron chi connectivity index (χ2n) is 15.4. The van der Waals surface area contributed by atoms with Crippen molar-refractivity contribution >= 4 is 30.9 Å². The maximum Gasteiger partial charge on any atom is 0.192 e. The number of ether oxygens (including phenoxy) is 4. The monoisotopic (exact) mass is 748 g/mol. The van der Waals surface area contributed by atoms with E-state index in [2.05, 4.69) is 65.1 Å². The van der Waals surface area contributed by atoms with Gasteiger partial charge in [0.15, 0.2) is 8.32 Å². The first kappa shape index (κ1) is 41.7. The minimum Gasteiger partial charge on any atom is -0.411 e. The number of thioether (sulfide) groups is 1. The molecule has 3 unspecified atom stereocenters. The van der Waals surface area contributed by atoms with Crippen LogP contribution >= 0.6 is 11.8 Å². The molecule has 1 N–H and O–H groups in total. The quantitative estimate of drug-likeness (QED) is 0.152. The summed E-state index contributed by atoms with van der Waals surface area (Å²) in [5.41, 5.74) is 2.16. The molecule has 0 radical (unpaired) electrons. The van der Waals surface area contributed by atoms with Crippen molar-refractivity contribution in [2.45, 2.75) is 146 Å². The summed E-state index contributed by atoms with van der Waals surface area (Å²) in [7, 11) is -3.52. The summed E-state index contributed by atoms with van der Waals surface area (Å²) in [6, 6.07) is 20.3. The van der Waals surface area contributed by atoms with Gasteiger partial charge in [-0.2, -0.15) is 0 Å². The molecule has 10 heteroatoms. The van der Waals surface area contributed by atoms with Crippen LogP contribution in [-0.2, 0) is 47.4 Å². The second-order valence-corrected chi connectivity index (χ2v) is 24.0. The maximum absolute atomic E-state index is 14.4. The Kier molecular flexibility index (Phi) is 16.1. The fourth-order valence-corrected chi connectivity index (χ4v) is 12.0. The predicted molar refractivity (Wildman–Crippen MR) is 209 cm³/mol. The zero-order chi connectivity index (χ0) is 36.4. The van der Waals surface area contributed by atoms with Crippen molar-refractivity contribution in [2.24, 2.45) is 5.92 Å². The van der Waals surface area contributed by atoms with Crippen LogP contribution in [0.1, 0.15) is 84.8 Å². The summed E-state index contributed by atoms with van der Waals surface area (Å²) >= 11 is 1.59. The Morgan fingerprint density at radius 3 is 2.08 bits per heavy atom. The van der Waals surface area contributed by atoms with Crippen LogP contribution in [0.3, 0.4) is 0 Å². The van der Waals surface area contributed by atoms with E-state index in [0.717, 1.165) is 36.8 Å². The number of aliphatic hydroxyl groups is 1. The van der Waals surface area contributed by atoms with Gasteiger partial charge in [-0.3, -0.25) is 4.21 Å². The molecule has 0 aromatic heterocycles. The van der Waals surface area contributed by atoms with Gasteiger partial charge in [-0.05, 0) is 60.7 Å². The maximum atomic E-state index is 14.4. The van der Waals surface area contributed by atoms with Crippen molar-refractivity contribution < 1.29 is 32.7 Å². The highest BCUT2D eigenvalue weighted by molar-refractivity contribution is 8.12. The summed E-state index contributed by atoms with van der Waals surface area (Å²) in [5.74, 6) is 0.699. The molecule has 2 fully saturated rings. The fraction of sp³-hybridized carbons (Fsp3) is 0.700. The fourth-order valence-electron chi connectivity index (χ4n) is 6.95. The van der Waals surface area contributed by atoms with Crippen molar-refractivity contribution in [1.29, 1.82) is 0 Å². The van der Waals surface area contributed by atoms with Gasteiger partial charge in [0.1, 0.15) is 10.2 Å². The minimum atomic E-state index is -2.15. The van der Waals surface area contributed by atoms with Gasteiger partial charge in [0.05, 0.1) is 43.7 Å². The van der Waals surface area contributed by atoms with E-state index in [4.69, 9.17) is 23.4 Å². The van der Waals surface area contributed by atoms with E-state index < -0.39 is 41.3 Å². The summed E-state index contributed by atoms with van der Waals surface area (Å²) in [4.78, 5) is 0. The highest BCUT2D eigenvalue weighted by Crippen LogP contribution is 2.45. The first-order valence-electron chi connectivity index (χ1n) is 18.8. The Morgan fingerprint density at radius 2 is 1.50 bits per heavy atom. The van der Waals surface area contributed by atoms with E-state index in [1.165, 1.54) is 0 Å². The molecule has 50 heavy (non-hydrogen) atoms. The molecule has 0 aliphatic carbocycles. The molecule has 2 aromatic rings. The third-order valence-electron chi connectivity index (χ3n) is 10.8. The minimum absolute atomic E-state index is 0.0323. The lowest BCUT2D eigenvalue weighted by Gasteiger charge is -2.48. The predicted octanol–water partition coefficient (Wildman–Crippen LogP) is 8.51. The first-order valence-corrected chi connectivity index (χ1v) is 24.0. The Balaban J connectivity index is 1.67. The molecule has 9 atom stereocenters. The molecule has 0 bridgehead atoms. The molecule has 4 rings (SSSR count). The average Bonchev–Trinajstić information content (AvgIpc) is 3.11. The SMILES string of the molecule is CCSC(C[C@@H]1OCCC[C@H]1OCc1ccccc1)(C(O)[C@H](C)[C@@H](OCc1ccccc1)[C@H]1OCCC[C@@H]1O[Si](C)(C)C(C)(C)C)S(=O)CC. The van der Waals surface area contributed by atoms with E-state index in [1.54, 1.807) is 11.8 Å². The van der Waals surface area contributed by atoms with Crippen LogP contribution in [0, 0.1) is 5.92 Å². The van der Waals surface area contributed by atoms with Crippen LogP contribution in [0.4, 0.5) is 0 Å². The van der Waals surface area contributed by atoms with Gasteiger partial charge in [-0.15, -0.1) is 11.8 Å². The zero-order valence-corrected chi connectivity index (χ0v) is 34.4. The molecule has 0 spiro atoms. The van der Waals surface area contributed by atoms with E-state index in [1.807, 2.05) is 50.2 Å². The number of hydrogen-bond donors (Lipinski definition) is 1. The molecule has 2 heterocycles. The Labute approximate surface area is 310 Å². The lowest BCUT2D eigenvalue weighted by molar-refractivity contribution is -0.172. The van der Waals surface area contributed by atoms with Crippen molar-refractivity contribution in [3.8, 4) is 0 Å². The molecule has 7 nitrogen and oxygen atoms in total. The second kappa shape index (κ2) is 19.3. The van der Waals surface area contributed by atoms with Crippen molar-refractivity contribution in [3.63, 3.8) is 0 Å². The smallest absolute Gasteiger partial charge is 0.192 e. The highest BCUT2D eigenvalue weighted by atomic mass is 32.2. The largest absolute Gasteiger partial charge is 0.411 e. The molecular weight excluding hydrogens is 685 g/mol. The van der Waals surface area contributed by atoms with Gasteiger partial charge in [0.2, 0.25) is 0 Å². The molecule has 0 amide bonds. The number of rotatable bonds is 18. The number of hydrogen-bond acceptors (Lipinski definition) is 8. The van der Waals surface area contributed by atoms with Gasteiger partial charge in [-0.25, -0.2) is 0 Å². The molecule has 2 aromatic carbocycles. The van der Waals surface area contributed by atoms with Gasteiger partial charge in [0, 0.05) is 42.1 Å². The summed E-state index contributed by atoms with van der Waals surface area (Å²) < 4.78 is 46.9. The lowest BCUT2D eigenvalue weighted by atomic mass is 9.85. The summed E-state index contributed by atoms with van der Waals surface area (Å²) in [5, 5.41) is 12.8. The van der Waals surface area contributed by atoms with Crippen LogP contribution in [0.5, 0.6) is 0 Å². The molecular formula is C40H64O7S2Si. The summed E-state index contributed by atoms with van der Waals surface area (Å²) in [6.07, 6.45) is 1.49. The van der Waals surface area contributed by atoms with Crippen LogP contribution in [-0.4, -0.2) is 83.1 Å². The topological polar surface area (TPSA) is 83.5 Å². The van der Waals surface area contributed by atoms with Crippen LogP contribution in [0.2, 0.25) is 18.1 Å². The number of aliphatic hydroxyl groups excluding tert-OH is 1. The van der Waals surface area contributed by atoms with Gasteiger partial charge >= 0.3 is 0 Å². The van der Waals surface area contributed by atoms with E-state index >= 15 is 0 Å². The van der Waals surface area contributed by atoms with Crippen molar-refractivity contribution in [3.05, 3.63) is 71.8 Å². The highest BCUT2D eigenvalue weighted by Gasteiger charge is 2.53. The Hall–Kier alpha value is -1.08. The van der Waals surface area contributed by atoms with Crippen molar-refractivity contribution in [2.75, 3.05) is 24.7 Å². The van der Waals surface area contributed by atoms with Crippen molar-refractivity contribution in [1.82, 2.24) is 0 Å². The zero-order valence-electron chi connectivity index (χ0n) is 31.8. The van der Waals surface area contributed by atoms with Crippen LogP contribution in [0.15, 0.2) is 60.7 Å². The normalized spacial score (nSPS) is 25.7.